The minimum Gasteiger partial charge on any atom is -0.347 e. The maximum atomic E-state index is 14.1. The SMILES string of the molecule is CNC(C)C(=O)N[C@H]1CCS[C@H]2CC3(CCCC3)[C@@H](C(=O)N[C@@H]3CCCc4ccccc43)N2C1=O. The Morgan fingerprint density at radius 1 is 1.09 bits per heavy atom. The van der Waals surface area contributed by atoms with Gasteiger partial charge in [0.25, 0.3) is 0 Å². The normalized spacial score (nSPS) is 30.3. The van der Waals surface area contributed by atoms with Crippen LogP contribution in [0.1, 0.15) is 75.5 Å². The molecule has 35 heavy (non-hydrogen) atoms. The number of benzene rings is 1. The maximum Gasteiger partial charge on any atom is 0.246 e. The second kappa shape index (κ2) is 10.1. The van der Waals surface area contributed by atoms with E-state index in [1.165, 1.54) is 11.1 Å². The van der Waals surface area contributed by atoms with Gasteiger partial charge in [0.1, 0.15) is 12.1 Å². The smallest absolute Gasteiger partial charge is 0.246 e. The van der Waals surface area contributed by atoms with E-state index in [1.807, 2.05) is 11.0 Å². The molecule has 5 rings (SSSR count). The van der Waals surface area contributed by atoms with Gasteiger partial charge in [-0.05, 0) is 75.8 Å². The Bertz CT molecular complexity index is 979. The molecule has 1 aromatic rings. The van der Waals surface area contributed by atoms with E-state index in [2.05, 4.69) is 34.1 Å². The van der Waals surface area contributed by atoms with Crippen LogP contribution in [0, 0.1) is 5.41 Å². The van der Waals surface area contributed by atoms with Gasteiger partial charge in [0.15, 0.2) is 0 Å². The van der Waals surface area contributed by atoms with Gasteiger partial charge >= 0.3 is 0 Å². The summed E-state index contributed by atoms with van der Waals surface area (Å²) in [5.41, 5.74) is 2.37. The lowest BCUT2D eigenvalue weighted by Gasteiger charge is -2.37. The molecule has 3 fully saturated rings. The number of hydrogen-bond acceptors (Lipinski definition) is 5. The van der Waals surface area contributed by atoms with Crippen molar-refractivity contribution in [3.63, 3.8) is 0 Å². The van der Waals surface area contributed by atoms with Crippen LogP contribution in [0.3, 0.4) is 0 Å². The molecular weight excluding hydrogens is 460 g/mol. The van der Waals surface area contributed by atoms with Crippen LogP contribution in [-0.2, 0) is 20.8 Å². The molecule has 2 heterocycles. The summed E-state index contributed by atoms with van der Waals surface area (Å²) < 4.78 is 0. The van der Waals surface area contributed by atoms with Gasteiger partial charge in [-0.1, -0.05) is 37.1 Å². The van der Waals surface area contributed by atoms with Gasteiger partial charge in [-0.3, -0.25) is 14.4 Å². The number of likely N-dealkylation sites (N-methyl/N-ethyl adjacent to an activating group) is 1. The minimum absolute atomic E-state index is 0.00128. The van der Waals surface area contributed by atoms with Gasteiger partial charge in [0.05, 0.1) is 17.5 Å². The third-order valence-corrected chi connectivity index (χ3v) is 9.95. The lowest BCUT2D eigenvalue weighted by Crippen LogP contribution is -2.58. The number of nitrogens with one attached hydrogen (secondary N) is 3. The number of fused-ring (bicyclic) bond motifs is 2. The Labute approximate surface area is 212 Å². The Morgan fingerprint density at radius 3 is 2.63 bits per heavy atom. The Kier molecular flexibility index (Phi) is 7.13. The second-order valence-electron chi connectivity index (χ2n) is 10.8. The van der Waals surface area contributed by atoms with E-state index in [4.69, 9.17) is 0 Å². The molecule has 1 spiro atoms. The summed E-state index contributed by atoms with van der Waals surface area (Å²) in [6, 6.07) is 6.96. The van der Waals surface area contributed by atoms with E-state index in [-0.39, 0.29) is 40.6 Å². The van der Waals surface area contributed by atoms with Crippen LogP contribution in [0.25, 0.3) is 0 Å². The Balaban J connectivity index is 1.42. The minimum atomic E-state index is -0.585. The molecule has 3 amide bonds. The van der Waals surface area contributed by atoms with Gasteiger partial charge < -0.3 is 20.9 Å². The Hall–Kier alpha value is -2.06. The predicted molar refractivity (Wildman–Crippen MR) is 138 cm³/mol. The molecule has 1 aromatic carbocycles. The van der Waals surface area contributed by atoms with Crippen molar-refractivity contribution in [3.8, 4) is 0 Å². The van der Waals surface area contributed by atoms with Crippen molar-refractivity contribution in [2.45, 2.75) is 94.3 Å². The molecule has 0 bridgehead atoms. The van der Waals surface area contributed by atoms with Crippen LogP contribution in [0.4, 0.5) is 0 Å². The zero-order valence-corrected chi connectivity index (χ0v) is 21.7. The molecule has 8 heteroatoms. The van der Waals surface area contributed by atoms with Crippen molar-refractivity contribution >= 4 is 29.5 Å². The maximum absolute atomic E-state index is 14.1. The number of amides is 3. The van der Waals surface area contributed by atoms with E-state index in [0.29, 0.717) is 6.42 Å². The van der Waals surface area contributed by atoms with Crippen molar-refractivity contribution in [1.29, 1.82) is 0 Å². The summed E-state index contributed by atoms with van der Waals surface area (Å²) in [6.07, 6.45) is 8.68. The van der Waals surface area contributed by atoms with Crippen molar-refractivity contribution in [1.82, 2.24) is 20.9 Å². The molecule has 1 unspecified atom stereocenters. The van der Waals surface area contributed by atoms with Crippen molar-refractivity contribution < 1.29 is 14.4 Å². The quantitative estimate of drug-likeness (QED) is 0.581. The first-order chi connectivity index (χ1) is 16.9. The van der Waals surface area contributed by atoms with Crippen molar-refractivity contribution in [2.75, 3.05) is 12.8 Å². The van der Waals surface area contributed by atoms with E-state index >= 15 is 0 Å². The van der Waals surface area contributed by atoms with Crippen molar-refractivity contribution in [3.05, 3.63) is 35.4 Å². The summed E-state index contributed by atoms with van der Waals surface area (Å²) in [5.74, 6) is 0.515. The molecule has 5 atom stereocenters. The zero-order chi connectivity index (χ0) is 24.6. The lowest BCUT2D eigenvalue weighted by atomic mass is 9.77. The third-order valence-electron chi connectivity index (χ3n) is 8.70. The molecule has 190 valence electrons. The topological polar surface area (TPSA) is 90.5 Å². The fraction of sp³-hybridized carbons (Fsp3) is 0.667. The van der Waals surface area contributed by atoms with E-state index in [9.17, 15) is 14.4 Å². The standard InChI is InChI=1S/C27H38N4O3S/c1-17(28-2)24(32)30-21-12-15-35-22-16-27(13-5-6-14-27)23(31(22)26(21)34)25(33)29-20-11-7-9-18-8-3-4-10-19(18)20/h3-4,8,10,17,20-23,28H,5-7,9,11-16H2,1-2H3,(H,29,33)(H,30,32)/t17?,20-,21+,22+,23-/m1/s1. The van der Waals surface area contributed by atoms with E-state index in [1.54, 1.807) is 25.7 Å². The Morgan fingerprint density at radius 2 is 1.86 bits per heavy atom. The zero-order valence-electron chi connectivity index (χ0n) is 20.8. The fourth-order valence-corrected chi connectivity index (χ4v) is 8.21. The monoisotopic (exact) mass is 498 g/mol. The van der Waals surface area contributed by atoms with E-state index in [0.717, 1.165) is 57.1 Å². The van der Waals surface area contributed by atoms with Crippen LogP contribution < -0.4 is 16.0 Å². The predicted octanol–water partition coefficient (Wildman–Crippen LogP) is 2.90. The highest BCUT2D eigenvalue weighted by molar-refractivity contribution is 7.99. The highest BCUT2D eigenvalue weighted by Crippen LogP contribution is 2.55. The molecule has 3 N–H and O–H groups in total. The highest BCUT2D eigenvalue weighted by atomic mass is 32.2. The second-order valence-corrected chi connectivity index (χ2v) is 12.0. The van der Waals surface area contributed by atoms with Crippen LogP contribution in [-0.4, -0.2) is 58.9 Å². The molecule has 1 saturated carbocycles. The van der Waals surface area contributed by atoms with Gasteiger partial charge in [-0.15, -0.1) is 11.8 Å². The van der Waals surface area contributed by atoms with Crippen LogP contribution >= 0.6 is 11.8 Å². The molecule has 2 aliphatic heterocycles. The number of nitrogens with zero attached hydrogens (tertiary/aromatic N) is 1. The lowest BCUT2D eigenvalue weighted by molar-refractivity contribution is -0.144. The average Bonchev–Trinajstić information content (AvgIpc) is 3.43. The first-order valence-corrected chi connectivity index (χ1v) is 14.3. The summed E-state index contributed by atoms with van der Waals surface area (Å²) in [4.78, 5) is 42.5. The van der Waals surface area contributed by atoms with Gasteiger partial charge in [-0.2, -0.15) is 0 Å². The molecule has 2 aliphatic carbocycles. The van der Waals surface area contributed by atoms with Crippen LogP contribution in [0.15, 0.2) is 24.3 Å². The third kappa shape index (κ3) is 4.59. The summed E-state index contributed by atoms with van der Waals surface area (Å²) in [6.45, 7) is 1.79. The van der Waals surface area contributed by atoms with E-state index < -0.39 is 12.1 Å². The molecule has 4 aliphatic rings. The molecule has 0 aromatic heterocycles. The van der Waals surface area contributed by atoms with Crippen LogP contribution in [0.2, 0.25) is 0 Å². The fourth-order valence-electron chi connectivity index (χ4n) is 6.73. The summed E-state index contributed by atoms with van der Waals surface area (Å²) in [5, 5.41) is 9.30. The number of rotatable bonds is 5. The number of thioether (sulfide) groups is 1. The average molecular weight is 499 g/mol. The number of carbonyl (C=O) groups excluding carboxylic acids is 3. The first-order valence-electron chi connectivity index (χ1n) is 13.2. The molecule has 7 nitrogen and oxygen atoms in total. The summed E-state index contributed by atoms with van der Waals surface area (Å²) >= 11 is 1.78. The number of aryl methyl sites for hydroxylation is 1. The van der Waals surface area contributed by atoms with Gasteiger partial charge in [0.2, 0.25) is 17.7 Å². The largest absolute Gasteiger partial charge is 0.347 e. The summed E-state index contributed by atoms with van der Waals surface area (Å²) in [7, 11) is 1.74. The molecule has 2 saturated heterocycles. The van der Waals surface area contributed by atoms with Crippen LogP contribution in [0.5, 0.6) is 0 Å². The molecule has 0 radical (unpaired) electrons. The van der Waals surface area contributed by atoms with Gasteiger partial charge in [0, 0.05) is 5.41 Å². The van der Waals surface area contributed by atoms with Gasteiger partial charge in [-0.25, -0.2) is 0 Å². The number of carbonyl (C=O) groups is 3. The first kappa shape index (κ1) is 24.6. The van der Waals surface area contributed by atoms with Crippen molar-refractivity contribution in [2.24, 2.45) is 5.41 Å². The highest BCUT2D eigenvalue weighted by Gasteiger charge is 2.59. The molecular formula is C27H38N4O3S. The number of hydrogen-bond donors (Lipinski definition) is 3.